The summed E-state index contributed by atoms with van der Waals surface area (Å²) in [6.45, 7) is 0.774. The largest absolute Gasteiger partial charge is 0.342 e. The quantitative estimate of drug-likeness (QED) is 0.917. The highest BCUT2D eigenvalue weighted by atomic mass is 79.9. The van der Waals surface area contributed by atoms with E-state index in [9.17, 15) is 0 Å². The molecule has 0 amide bonds. The lowest BCUT2D eigenvalue weighted by Crippen LogP contribution is -2.05. The summed E-state index contributed by atoms with van der Waals surface area (Å²) in [5.74, 6) is 0. The predicted octanol–water partition coefficient (Wildman–Crippen LogP) is 3.63. The van der Waals surface area contributed by atoms with Gasteiger partial charge in [0.1, 0.15) is 0 Å². The van der Waals surface area contributed by atoms with E-state index >= 15 is 0 Å². The molecule has 0 radical (unpaired) electrons. The van der Waals surface area contributed by atoms with Crippen molar-refractivity contribution in [3.8, 4) is 0 Å². The van der Waals surface area contributed by atoms with Crippen LogP contribution in [0.15, 0.2) is 28.7 Å². The lowest BCUT2D eigenvalue weighted by Gasteiger charge is -2.08. The number of halogens is 1. The fraction of sp³-hybridized carbons (Fsp3) is 0.429. The molecule has 3 rings (SSSR count). The van der Waals surface area contributed by atoms with Crippen molar-refractivity contribution in [1.29, 1.82) is 0 Å². The molecule has 1 aromatic carbocycles. The SMILES string of the molecule is NCCCc1cc2cc(Br)ccc2n1C1CC1. The van der Waals surface area contributed by atoms with Crippen LogP contribution < -0.4 is 5.73 Å². The monoisotopic (exact) mass is 292 g/mol. The van der Waals surface area contributed by atoms with E-state index in [0.29, 0.717) is 0 Å². The third kappa shape index (κ3) is 2.14. The minimum Gasteiger partial charge on any atom is -0.342 e. The molecular weight excluding hydrogens is 276 g/mol. The Hall–Kier alpha value is -0.800. The average molecular weight is 293 g/mol. The Morgan fingerprint density at radius 1 is 1.29 bits per heavy atom. The van der Waals surface area contributed by atoms with Gasteiger partial charge in [-0.1, -0.05) is 15.9 Å². The van der Waals surface area contributed by atoms with Crippen molar-refractivity contribution in [1.82, 2.24) is 4.57 Å². The maximum Gasteiger partial charge on any atom is 0.0485 e. The Balaban J connectivity index is 2.09. The standard InChI is InChI=1S/C14H17BrN2/c15-11-3-6-14-10(8-11)9-13(2-1-7-16)17(14)12-4-5-12/h3,6,8-9,12H,1-2,4-5,7,16H2. The molecule has 1 aliphatic carbocycles. The Labute approximate surface area is 110 Å². The van der Waals surface area contributed by atoms with Crippen molar-refractivity contribution in [2.75, 3.05) is 6.54 Å². The zero-order valence-corrected chi connectivity index (χ0v) is 11.4. The van der Waals surface area contributed by atoms with Crippen molar-refractivity contribution < 1.29 is 0 Å². The first-order chi connectivity index (χ1) is 8.29. The molecule has 0 atom stereocenters. The van der Waals surface area contributed by atoms with Crippen LogP contribution in [0.2, 0.25) is 0 Å². The van der Waals surface area contributed by atoms with Crippen molar-refractivity contribution in [2.24, 2.45) is 5.73 Å². The molecule has 0 unspecified atom stereocenters. The fourth-order valence-corrected chi connectivity index (χ4v) is 2.88. The van der Waals surface area contributed by atoms with Gasteiger partial charge in [0.25, 0.3) is 0 Å². The molecule has 1 saturated carbocycles. The van der Waals surface area contributed by atoms with E-state index in [4.69, 9.17) is 5.73 Å². The zero-order chi connectivity index (χ0) is 11.8. The maximum absolute atomic E-state index is 5.62. The first-order valence-corrected chi connectivity index (χ1v) is 7.08. The van der Waals surface area contributed by atoms with Gasteiger partial charge in [-0.25, -0.2) is 0 Å². The second-order valence-corrected chi connectivity index (χ2v) is 5.75. The first kappa shape index (κ1) is 11.3. The Bertz CT molecular complexity index is 540. The number of rotatable bonds is 4. The molecule has 0 saturated heterocycles. The van der Waals surface area contributed by atoms with Crippen molar-refractivity contribution >= 4 is 26.8 Å². The molecule has 17 heavy (non-hydrogen) atoms. The van der Waals surface area contributed by atoms with Gasteiger partial charge in [0.2, 0.25) is 0 Å². The van der Waals surface area contributed by atoms with Crippen LogP contribution in [0.1, 0.15) is 31.0 Å². The van der Waals surface area contributed by atoms with Crippen LogP contribution in [0.4, 0.5) is 0 Å². The average Bonchev–Trinajstić information content (AvgIpc) is 3.08. The molecule has 0 aliphatic heterocycles. The summed E-state index contributed by atoms with van der Waals surface area (Å²) in [6, 6.07) is 9.63. The normalized spacial score (nSPS) is 15.6. The van der Waals surface area contributed by atoms with Crippen LogP contribution in [-0.2, 0) is 6.42 Å². The van der Waals surface area contributed by atoms with Gasteiger partial charge in [-0.3, -0.25) is 0 Å². The lowest BCUT2D eigenvalue weighted by atomic mass is 10.2. The summed E-state index contributed by atoms with van der Waals surface area (Å²) < 4.78 is 3.68. The van der Waals surface area contributed by atoms with Gasteiger partial charge in [-0.15, -0.1) is 0 Å². The van der Waals surface area contributed by atoms with Gasteiger partial charge < -0.3 is 10.3 Å². The predicted molar refractivity (Wildman–Crippen MR) is 75.3 cm³/mol. The van der Waals surface area contributed by atoms with Crippen molar-refractivity contribution in [2.45, 2.75) is 31.7 Å². The van der Waals surface area contributed by atoms with Crippen molar-refractivity contribution in [3.05, 3.63) is 34.4 Å². The Morgan fingerprint density at radius 3 is 2.82 bits per heavy atom. The van der Waals surface area contributed by atoms with Gasteiger partial charge in [-0.2, -0.15) is 0 Å². The Kier molecular flexibility index (Phi) is 2.97. The van der Waals surface area contributed by atoms with Crippen LogP contribution in [-0.4, -0.2) is 11.1 Å². The van der Waals surface area contributed by atoms with E-state index < -0.39 is 0 Å². The van der Waals surface area contributed by atoms with Crippen LogP contribution in [0.5, 0.6) is 0 Å². The molecule has 90 valence electrons. The zero-order valence-electron chi connectivity index (χ0n) is 9.82. The molecule has 1 heterocycles. The van der Waals surface area contributed by atoms with Gasteiger partial charge in [-0.05, 0) is 56.5 Å². The molecule has 1 aliphatic rings. The van der Waals surface area contributed by atoms with E-state index in [1.165, 1.54) is 29.4 Å². The van der Waals surface area contributed by atoms with E-state index in [2.05, 4.69) is 44.8 Å². The summed E-state index contributed by atoms with van der Waals surface area (Å²) in [4.78, 5) is 0. The van der Waals surface area contributed by atoms with E-state index in [1.807, 2.05) is 0 Å². The summed E-state index contributed by atoms with van der Waals surface area (Å²) >= 11 is 3.54. The molecule has 3 heteroatoms. The number of benzene rings is 1. The summed E-state index contributed by atoms with van der Waals surface area (Å²) in [6.07, 6.45) is 4.83. The molecule has 0 bridgehead atoms. The van der Waals surface area contributed by atoms with Crippen LogP contribution in [0.3, 0.4) is 0 Å². The van der Waals surface area contributed by atoms with Gasteiger partial charge >= 0.3 is 0 Å². The van der Waals surface area contributed by atoms with Gasteiger partial charge in [0.15, 0.2) is 0 Å². The Morgan fingerprint density at radius 2 is 2.12 bits per heavy atom. The molecular formula is C14H17BrN2. The van der Waals surface area contributed by atoms with Crippen LogP contribution in [0.25, 0.3) is 10.9 Å². The highest BCUT2D eigenvalue weighted by molar-refractivity contribution is 9.10. The van der Waals surface area contributed by atoms with Crippen molar-refractivity contribution in [3.63, 3.8) is 0 Å². The molecule has 2 nitrogen and oxygen atoms in total. The summed E-state index contributed by atoms with van der Waals surface area (Å²) in [5.41, 5.74) is 8.45. The minimum absolute atomic E-state index is 0.737. The first-order valence-electron chi connectivity index (χ1n) is 6.29. The number of nitrogens with two attached hydrogens (primary N) is 1. The smallest absolute Gasteiger partial charge is 0.0485 e. The van der Waals surface area contributed by atoms with E-state index in [0.717, 1.165) is 29.9 Å². The molecule has 0 spiro atoms. The highest BCUT2D eigenvalue weighted by Crippen LogP contribution is 2.40. The third-order valence-electron chi connectivity index (χ3n) is 3.43. The summed E-state index contributed by atoms with van der Waals surface area (Å²) in [7, 11) is 0. The highest BCUT2D eigenvalue weighted by Gasteiger charge is 2.26. The molecule has 2 aromatic rings. The van der Waals surface area contributed by atoms with Gasteiger partial charge in [0.05, 0.1) is 0 Å². The molecule has 1 aromatic heterocycles. The summed E-state index contributed by atoms with van der Waals surface area (Å²) in [5, 5.41) is 1.35. The van der Waals surface area contributed by atoms with Crippen LogP contribution in [0, 0.1) is 0 Å². The number of hydrogen-bond donors (Lipinski definition) is 1. The van der Waals surface area contributed by atoms with Crippen LogP contribution >= 0.6 is 15.9 Å². The van der Waals surface area contributed by atoms with E-state index in [1.54, 1.807) is 0 Å². The second kappa shape index (κ2) is 4.46. The third-order valence-corrected chi connectivity index (χ3v) is 3.92. The number of nitrogens with zero attached hydrogens (tertiary/aromatic N) is 1. The maximum atomic E-state index is 5.62. The molecule has 1 fully saturated rings. The number of fused-ring (bicyclic) bond motifs is 1. The number of aryl methyl sites for hydroxylation is 1. The number of hydrogen-bond acceptors (Lipinski definition) is 1. The second-order valence-electron chi connectivity index (χ2n) is 4.83. The van der Waals surface area contributed by atoms with Gasteiger partial charge in [0, 0.05) is 27.1 Å². The topological polar surface area (TPSA) is 30.9 Å². The van der Waals surface area contributed by atoms with E-state index in [-0.39, 0.29) is 0 Å². The number of aromatic nitrogens is 1. The fourth-order valence-electron chi connectivity index (χ4n) is 2.50. The lowest BCUT2D eigenvalue weighted by molar-refractivity contribution is 0.694. The molecule has 2 N–H and O–H groups in total. The minimum atomic E-state index is 0.737.